The molecule has 0 fully saturated rings. The summed E-state index contributed by atoms with van der Waals surface area (Å²) in [6.07, 6.45) is 0. The Morgan fingerprint density at radius 1 is 0.871 bits per heavy atom. The second kappa shape index (κ2) is 9.94. The molecule has 31 heavy (non-hydrogen) atoms. The van der Waals surface area contributed by atoms with Crippen LogP contribution in [-0.4, -0.2) is 18.4 Å². The first-order valence-electron chi connectivity index (χ1n) is 10.3. The predicted octanol–water partition coefficient (Wildman–Crippen LogP) is 5.70. The maximum atomic E-state index is 12.4. The molecule has 0 aliphatic rings. The van der Waals surface area contributed by atoms with E-state index in [1.54, 1.807) is 30.3 Å². The normalized spacial score (nSPS) is 10.6. The van der Waals surface area contributed by atoms with Crippen LogP contribution in [0.2, 0.25) is 0 Å². The van der Waals surface area contributed by atoms with E-state index in [1.165, 1.54) is 0 Å². The lowest BCUT2D eigenvalue weighted by Gasteiger charge is -2.15. The number of carbonyl (C=O) groups is 2. The number of ether oxygens (including phenoxy) is 1. The van der Waals surface area contributed by atoms with Crippen LogP contribution < -0.4 is 15.4 Å². The molecule has 2 amide bonds. The van der Waals surface area contributed by atoms with Gasteiger partial charge in [-0.2, -0.15) is 0 Å². The van der Waals surface area contributed by atoms with E-state index in [9.17, 15) is 9.59 Å². The second-order valence-electron chi connectivity index (χ2n) is 7.88. The van der Waals surface area contributed by atoms with E-state index >= 15 is 0 Å². The SMILES string of the molecule is Cc1ccc(C(C)C)c(OCC(=O)Nc2ccc(NC(=O)c3ccccc3C)cc2)c1. The lowest BCUT2D eigenvalue weighted by atomic mass is 10.0. The fourth-order valence-electron chi connectivity index (χ4n) is 3.25. The summed E-state index contributed by atoms with van der Waals surface area (Å²) in [6, 6.07) is 20.5. The Hall–Kier alpha value is -3.60. The largest absolute Gasteiger partial charge is 0.483 e. The number of nitrogens with one attached hydrogen (secondary N) is 2. The number of carbonyl (C=O) groups excluding carboxylic acids is 2. The molecule has 0 heterocycles. The van der Waals surface area contributed by atoms with Gasteiger partial charge in [0.25, 0.3) is 11.8 Å². The first-order valence-corrected chi connectivity index (χ1v) is 10.3. The monoisotopic (exact) mass is 416 g/mol. The Balaban J connectivity index is 1.56. The lowest BCUT2D eigenvalue weighted by Crippen LogP contribution is -2.20. The number of anilines is 2. The second-order valence-corrected chi connectivity index (χ2v) is 7.88. The van der Waals surface area contributed by atoms with Gasteiger partial charge in [0, 0.05) is 16.9 Å². The number of amides is 2. The number of benzene rings is 3. The van der Waals surface area contributed by atoms with Crippen LogP contribution in [-0.2, 0) is 4.79 Å². The topological polar surface area (TPSA) is 67.4 Å². The van der Waals surface area contributed by atoms with E-state index in [2.05, 4.69) is 24.5 Å². The molecule has 0 aromatic heterocycles. The van der Waals surface area contributed by atoms with Crippen LogP contribution in [0.1, 0.15) is 46.8 Å². The van der Waals surface area contributed by atoms with E-state index in [-0.39, 0.29) is 18.4 Å². The Morgan fingerprint density at radius 3 is 2.16 bits per heavy atom. The molecular weight excluding hydrogens is 388 g/mol. The Morgan fingerprint density at radius 2 is 1.52 bits per heavy atom. The quantitative estimate of drug-likeness (QED) is 0.519. The maximum Gasteiger partial charge on any atom is 0.262 e. The van der Waals surface area contributed by atoms with Crippen molar-refractivity contribution >= 4 is 23.2 Å². The predicted molar refractivity (Wildman–Crippen MR) is 125 cm³/mol. The van der Waals surface area contributed by atoms with Crippen LogP contribution in [0.15, 0.2) is 66.7 Å². The minimum absolute atomic E-state index is 0.0745. The van der Waals surface area contributed by atoms with Crippen LogP contribution >= 0.6 is 0 Å². The van der Waals surface area contributed by atoms with Crippen LogP contribution in [0, 0.1) is 13.8 Å². The van der Waals surface area contributed by atoms with E-state index < -0.39 is 0 Å². The van der Waals surface area contributed by atoms with E-state index in [0.29, 0.717) is 22.9 Å². The average molecular weight is 417 g/mol. The van der Waals surface area contributed by atoms with Crippen molar-refractivity contribution in [3.63, 3.8) is 0 Å². The molecule has 5 nitrogen and oxygen atoms in total. The smallest absolute Gasteiger partial charge is 0.262 e. The standard InChI is InChI=1S/C26H28N2O3/c1-17(2)22-14-9-18(3)15-24(22)31-16-25(29)27-20-10-12-21(13-11-20)28-26(30)23-8-6-5-7-19(23)4/h5-15,17H,16H2,1-4H3,(H,27,29)(H,28,30). The molecular formula is C26H28N2O3. The summed E-state index contributed by atoms with van der Waals surface area (Å²) in [7, 11) is 0. The van der Waals surface area contributed by atoms with Crippen molar-refractivity contribution in [3.8, 4) is 5.75 Å². The lowest BCUT2D eigenvalue weighted by molar-refractivity contribution is -0.118. The number of rotatable bonds is 7. The Labute approximate surface area is 183 Å². The molecule has 0 atom stereocenters. The van der Waals surface area contributed by atoms with Crippen LogP contribution in [0.25, 0.3) is 0 Å². The summed E-state index contributed by atoms with van der Waals surface area (Å²) in [4.78, 5) is 24.8. The number of aryl methyl sites for hydroxylation is 2. The zero-order valence-corrected chi connectivity index (χ0v) is 18.4. The molecule has 0 saturated carbocycles. The van der Waals surface area contributed by atoms with Crippen LogP contribution in [0.3, 0.4) is 0 Å². The third kappa shape index (κ3) is 5.95. The van der Waals surface area contributed by atoms with Gasteiger partial charge >= 0.3 is 0 Å². The van der Waals surface area contributed by atoms with Crippen LogP contribution in [0.4, 0.5) is 11.4 Å². The Bertz CT molecular complexity index is 1070. The van der Waals surface area contributed by atoms with Gasteiger partial charge in [-0.25, -0.2) is 0 Å². The van der Waals surface area contributed by atoms with Gasteiger partial charge in [-0.15, -0.1) is 0 Å². The minimum Gasteiger partial charge on any atom is -0.483 e. The molecule has 0 aliphatic carbocycles. The molecule has 0 saturated heterocycles. The molecule has 0 spiro atoms. The van der Waals surface area contributed by atoms with E-state index in [1.807, 2.05) is 50.2 Å². The van der Waals surface area contributed by atoms with Crippen LogP contribution in [0.5, 0.6) is 5.75 Å². The highest BCUT2D eigenvalue weighted by molar-refractivity contribution is 6.05. The summed E-state index contributed by atoms with van der Waals surface area (Å²) < 4.78 is 5.78. The minimum atomic E-state index is -0.243. The number of hydrogen-bond donors (Lipinski definition) is 2. The third-order valence-corrected chi connectivity index (χ3v) is 4.97. The van der Waals surface area contributed by atoms with Crippen molar-refractivity contribution in [2.75, 3.05) is 17.2 Å². The third-order valence-electron chi connectivity index (χ3n) is 4.97. The molecule has 2 N–H and O–H groups in total. The zero-order chi connectivity index (χ0) is 22.4. The molecule has 0 aliphatic heterocycles. The summed E-state index contributed by atoms with van der Waals surface area (Å²) in [6.45, 7) is 8.01. The zero-order valence-electron chi connectivity index (χ0n) is 18.4. The molecule has 0 radical (unpaired) electrons. The van der Waals surface area contributed by atoms with Gasteiger partial charge in [0.05, 0.1) is 0 Å². The van der Waals surface area contributed by atoms with Crippen molar-refractivity contribution < 1.29 is 14.3 Å². The average Bonchev–Trinajstić information content (AvgIpc) is 2.73. The summed E-state index contributed by atoms with van der Waals surface area (Å²) >= 11 is 0. The molecule has 0 unspecified atom stereocenters. The molecule has 5 heteroatoms. The van der Waals surface area contributed by atoms with Gasteiger partial charge in [0.2, 0.25) is 0 Å². The van der Waals surface area contributed by atoms with E-state index in [4.69, 9.17) is 4.74 Å². The molecule has 0 bridgehead atoms. The van der Waals surface area contributed by atoms with Gasteiger partial charge in [-0.05, 0) is 72.9 Å². The van der Waals surface area contributed by atoms with Gasteiger partial charge in [0.15, 0.2) is 6.61 Å². The van der Waals surface area contributed by atoms with Crippen molar-refractivity contribution in [1.82, 2.24) is 0 Å². The highest BCUT2D eigenvalue weighted by atomic mass is 16.5. The van der Waals surface area contributed by atoms with Gasteiger partial charge in [-0.1, -0.05) is 44.2 Å². The first-order chi connectivity index (χ1) is 14.8. The maximum absolute atomic E-state index is 12.4. The molecule has 3 rings (SSSR count). The highest BCUT2D eigenvalue weighted by Crippen LogP contribution is 2.27. The summed E-state index contributed by atoms with van der Waals surface area (Å²) in [5.41, 5.74) is 5.00. The number of hydrogen-bond acceptors (Lipinski definition) is 3. The first kappa shape index (κ1) is 22.1. The van der Waals surface area contributed by atoms with Crippen molar-refractivity contribution in [3.05, 3.63) is 89.0 Å². The fraction of sp³-hybridized carbons (Fsp3) is 0.231. The van der Waals surface area contributed by atoms with E-state index in [0.717, 1.165) is 22.4 Å². The summed E-state index contributed by atoms with van der Waals surface area (Å²) in [5.74, 6) is 0.635. The van der Waals surface area contributed by atoms with Crippen molar-refractivity contribution in [2.24, 2.45) is 0 Å². The molecule has 3 aromatic rings. The van der Waals surface area contributed by atoms with Gasteiger partial charge in [0.1, 0.15) is 5.75 Å². The molecule has 160 valence electrons. The van der Waals surface area contributed by atoms with Gasteiger partial charge in [-0.3, -0.25) is 9.59 Å². The fourth-order valence-corrected chi connectivity index (χ4v) is 3.25. The highest BCUT2D eigenvalue weighted by Gasteiger charge is 2.11. The summed E-state index contributed by atoms with van der Waals surface area (Å²) in [5, 5.41) is 5.69. The van der Waals surface area contributed by atoms with Crippen molar-refractivity contribution in [2.45, 2.75) is 33.6 Å². The van der Waals surface area contributed by atoms with Crippen molar-refractivity contribution in [1.29, 1.82) is 0 Å². The Kier molecular flexibility index (Phi) is 7.08. The molecule has 3 aromatic carbocycles. The van der Waals surface area contributed by atoms with Gasteiger partial charge < -0.3 is 15.4 Å².